The molecule has 0 fully saturated rings. The van der Waals surface area contributed by atoms with Crippen LogP contribution in [0.4, 0.5) is 14.5 Å². The van der Waals surface area contributed by atoms with E-state index in [9.17, 15) is 18.4 Å². The molecule has 1 amide bonds. The van der Waals surface area contributed by atoms with Gasteiger partial charge < -0.3 is 14.8 Å². The van der Waals surface area contributed by atoms with Crippen LogP contribution in [0.25, 0.3) is 0 Å². The first-order valence-electron chi connectivity index (χ1n) is 8.06. The van der Waals surface area contributed by atoms with E-state index in [4.69, 9.17) is 9.47 Å². The molecule has 0 saturated carbocycles. The van der Waals surface area contributed by atoms with Crippen molar-refractivity contribution >= 4 is 29.3 Å². The quantitative estimate of drug-likeness (QED) is 0.538. The number of esters is 1. The first kappa shape index (κ1) is 20.7. The first-order valence-corrected chi connectivity index (χ1v) is 8.94. The molecule has 0 aromatic heterocycles. The largest absolute Gasteiger partial charge is 0.496 e. The van der Waals surface area contributed by atoms with Crippen molar-refractivity contribution in [1.29, 1.82) is 0 Å². The van der Waals surface area contributed by atoms with Crippen LogP contribution in [0.15, 0.2) is 53.4 Å². The highest BCUT2D eigenvalue weighted by molar-refractivity contribution is 7.99. The van der Waals surface area contributed by atoms with E-state index in [2.05, 4.69) is 5.32 Å². The van der Waals surface area contributed by atoms with Crippen molar-refractivity contribution < 1.29 is 27.8 Å². The Balaban J connectivity index is 1.88. The Morgan fingerprint density at radius 3 is 2.41 bits per heavy atom. The number of hydrogen-bond donors (Lipinski definition) is 1. The summed E-state index contributed by atoms with van der Waals surface area (Å²) in [5.74, 6) is -3.02. The average molecular weight is 395 g/mol. The van der Waals surface area contributed by atoms with Crippen LogP contribution >= 0.6 is 11.8 Å². The molecule has 2 aromatic rings. The molecule has 27 heavy (non-hydrogen) atoms. The van der Waals surface area contributed by atoms with Gasteiger partial charge in [-0.25, -0.2) is 0 Å². The van der Waals surface area contributed by atoms with Crippen LogP contribution in [-0.2, 0) is 20.7 Å². The van der Waals surface area contributed by atoms with E-state index < -0.39 is 23.7 Å². The third-order valence-corrected chi connectivity index (χ3v) is 4.27. The minimum Gasteiger partial charge on any atom is -0.496 e. The van der Waals surface area contributed by atoms with Gasteiger partial charge in [-0.1, -0.05) is 30.0 Å². The second kappa shape index (κ2) is 9.91. The molecule has 0 spiro atoms. The molecule has 2 aromatic carbocycles. The molecule has 0 aliphatic carbocycles. The number of rotatable bonds is 8. The zero-order chi connectivity index (χ0) is 19.8. The fourth-order valence-electron chi connectivity index (χ4n) is 2.26. The summed E-state index contributed by atoms with van der Waals surface area (Å²) in [7, 11) is 1.51. The molecule has 0 bridgehead atoms. The zero-order valence-corrected chi connectivity index (χ0v) is 15.6. The van der Waals surface area contributed by atoms with E-state index in [0.29, 0.717) is 33.7 Å². The van der Waals surface area contributed by atoms with Gasteiger partial charge in [-0.3, -0.25) is 9.59 Å². The van der Waals surface area contributed by atoms with Crippen LogP contribution in [0.5, 0.6) is 5.75 Å². The Kier molecular flexibility index (Phi) is 7.60. The molecule has 0 radical (unpaired) electrons. The minimum atomic E-state index is -2.51. The highest BCUT2D eigenvalue weighted by Crippen LogP contribution is 2.26. The van der Waals surface area contributed by atoms with Crippen molar-refractivity contribution in [2.75, 3.05) is 12.4 Å². The maximum atomic E-state index is 12.3. The summed E-state index contributed by atoms with van der Waals surface area (Å²) < 4.78 is 34.9. The van der Waals surface area contributed by atoms with Crippen LogP contribution in [0.3, 0.4) is 0 Å². The lowest BCUT2D eigenvalue weighted by molar-refractivity contribution is -0.152. The average Bonchev–Trinajstić information content (AvgIpc) is 2.63. The molecule has 0 aliphatic rings. The van der Waals surface area contributed by atoms with Gasteiger partial charge in [0.25, 0.3) is 11.7 Å². The summed E-state index contributed by atoms with van der Waals surface area (Å²) in [6.45, 7) is 1.45. The molecule has 8 heteroatoms. The Morgan fingerprint density at radius 2 is 1.78 bits per heavy atom. The fourth-order valence-corrected chi connectivity index (χ4v) is 2.76. The lowest BCUT2D eigenvalue weighted by Crippen LogP contribution is -2.30. The minimum absolute atomic E-state index is 0.0266. The van der Waals surface area contributed by atoms with Crippen molar-refractivity contribution in [3.05, 3.63) is 54.1 Å². The third kappa shape index (κ3) is 6.56. The molecular formula is C19H19F2NO4S. The van der Waals surface area contributed by atoms with Crippen molar-refractivity contribution in [2.24, 2.45) is 0 Å². The van der Waals surface area contributed by atoms with Gasteiger partial charge >= 0.3 is 5.97 Å². The van der Waals surface area contributed by atoms with E-state index in [1.807, 2.05) is 0 Å². The predicted octanol–water partition coefficient (Wildman–Crippen LogP) is 4.12. The van der Waals surface area contributed by atoms with Gasteiger partial charge in [-0.2, -0.15) is 8.78 Å². The number of hydrogen-bond acceptors (Lipinski definition) is 5. The third-order valence-electron chi connectivity index (χ3n) is 3.55. The molecule has 0 heterocycles. The molecule has 0 aliphatic heterocycles. The van der Waals surface area contributed by atoms with Crippen LogP contribution < -0.4 is 10.1 Å². The summed E-state index contributed by atoms with van der Waals surface area (Å²) in [5, 5.41) is 2.58. The number of thioether (sulfide) groups is 1. The van der Waals surface area contributed by atoms with Crippen LogP contribution in [0, 0.1) is 0 Å². The summed E-state index contributed by atoms with van der Waals surface area (Å²) >= 11 is 0.419. The number of halogens is 2. The number of para-hydroxylation sites is 1. The van der Waals surface area contributed by atoms with Crippen molar-refractivity contribution in [3.8, 4) is 5.75 Å². The number of carbonyl (C=O) groups excluding carboxylic acids is 2. The fraction of sp³-hybridized carbons (Fsp3) is 0.263. The summed E-state index contributed by atoms with van der Waals surface area (Å²) in [5.41, 5.74) is 1.08. The smallest absolute Gasteiger partial charge is 0.311 e. The Hall–Kier alpha value is -2.61. The number of anilines is 1. The molecule has 0 saturated heterocycles. The molecule has 2 rings (SSSR count). The standard InChI is InChI=1S/C19H19F2NO4S/c1-12(26-17(23)11-13-5-3-4-6-16(13)25-2)18(24)22-14-7-9-15(10-8-14)27-19(20)21/h3-10,12,19H,11H2,1-2H3,(H,22,24)/t12-/m0/s1. The van der Waals surface area contributed by atoms with Gasteiger partial charge in [0.2, 0.25) is 0 Å². The number of amides is 1. The van der Waals surface area contributed by atoms with E-state index in [-0.39, 0.29) is 6.42 Å². The van der Waals surface area contributed by atoms with E-state index in [0.717, 1.165) is 0 Å². The number of carbonyl (C=O) groups is 2. The maximum absolute atomic E-state index is 12.3. The normalized spacial score (nSPS) is 11.7. The molecule has 1 N–H and O–H groups in total. The van der Waals surface area contributed by atoms with Gasteiger partial charge in [0.1, 0.15) is 5.75 Å². The second-order valence-electron chi connectivity index (χ2n) is 5.51. The van der Waals surface area contributed by atoms with Crippen LogP contribution in [0.2, 0.25) is 0 Å². The van der Waals surface area contributed by atoms with Gasteiger partial charge in [-0.15, -0.1) is 0 Å². The van der Waals surface area contributed by atoms with Crippen molar-refractivity contribution in [3.63, 3.8) is 0 Å². The number of methoxy groups -OCH3 is 1. The predicted molar refractivity (Wildman–Crippen MR) is 99.2 cm³/mol. The SMILES string of the molecule is COc1ccccc1CC(=O)O[C@@H](C)C(=O)Nc1ccc(SC(F)F)cc1. The number of benzene rings is 2. The molecule has 144 valence electrons. The highest BCUT2D eigenvalue weighted by Gasteiger charge is 2.19. The second-order valence-corrected chi connectivity index (χ2v) is 6.58. The number of alkyl halides is 2. The van der Waals surface area contributed by atoms with E-state index >= 15 is 0 Å². The van der Waals surface area contributed by atoms with Crippen molar-refractivity contribution in [1.82, 2.24) is 0 Å². The lowest BCUT2D eigenvalue weighted by Gasteiger charge is -2.14. The van der Waals surface area contributed by atoms with Crippen LogP contribution in [-0.4, -0.2) is 30.8 Å². The van der Waals surface area contributed by atoms with Gasteiger partial charge in [0.15, 0.2) is 6.10 Å². The molecular weight excluding hydrogens is 376 g/mol. The van der Waals surface area contributed by atoms with Gasteiger partial charge in [0, 0.05) is 16.1 Å². The summed E-state index contributed by atoms with van der Waals surface area (Å²) in [6, 6.07) is 13.0. The monoisotopic (exact) mass is 395 g/mol. The van der Waals surface area contributed by atoms with Crippen molar-refractivity contribution in [2.45, 2.75) is 30.1 Å². The maximum Gasteiger partial charge on any atom is 0.311 e. The molecule has 1 atom stereocenters. The highest BCUT2D eigenvalue weighted by atomic mass is 32.2. The lowest BCUT2D eigenvalue weighted by atomic mass is 10.1. The Morgan fingerprint density at radius 1 is 1.11 bits per heavy atom. The van der Waals surface area contributed by atoms with Gasteiger partial charge in [0.05, 0.1) is 13.5 Å². The molecule has 0 unspecified atom stereocenters. The molecule has 5 nitrogen and oxygen atoms in total. The van der Waals surface area contributed by atoms with E-state index in [1.54, 1.807) is 24.3 Å². The Labute approximate surface area is 160 Å². The Bertz CT molecular complexity index is 784. The first-order chi connectivity index (χ1) is 12.9. The van der Waals surface area contributed by atoms with Gasteiger partial charge in [-0.05, 0) is 37.3 Å². The number of ether oxygens (including phenoxy) is 2. The number of nitrogens with one attached hydrogen (secondary N) is 1. The summed E-state index contributed by atoms with van der Waals surface area (Å²) in [6.07, 6.45) is -1.04. The van der Waals surface area contributed by atoms with E-state index in [1.165, 1.54) is 38.3 Å². The zero-order valence-electron chi connectivity index (χ0n) is 14.8. The topological polar surface area (TPSA) is 64.6 Å². The summed E-state index contributed by atoms with van der Waals surface area (Å²) in [4.78, 5) is 24.6. The van der Waals surface area contributed by atoms with Crippen LogP contribution in [0.1, 0.15) is 12.5 Å².